The van der Waals surface area contributed by atoms with Crippen LogP contribution >= 0.6 is 11.8 Å². The first-order chi connectivity index (χ1) is 11.9. The van der Waals surface area contributed by atoms with Gasteiger partial charge in [-0.25, -0.2) is 0 Å². The van der Waals surface area contributed by atoms with E-state index in [-0.39, 0.29) is 10.7 Å². The third-order valence-corrected chi connectivity index (χ3v) is 5.67. The molecule has 1 aromatic rings. The van der Waals surface area contributed by atoms with Crippen molar-refractivity contribution in [2.45, 2.75) is 50.8 Å². The zero-order valence-electron chi connectivity index (χ0n) is 15.9. The molecule has 0 N–H and O–H groups in total. The van der Waals surface area contributed by atoms with Crippen molar-refractivity contribution in [2.75, 3.05) is 32.6 Å². The number of rotatable bonds is 7. The molecule has 1 saturated heterocycles. The van der Waals surface area contributed by atoms with E-state index in [0.717, 1.165) is 36.5 Å². The lowest BCUT2D eigenvalue weighted by Crippen LogP contribution is -2.45. The van der Waals surface area contributed by atoms with Crippen molar-refractivity contribution in [1.82, 2.24) is 4.90 Å². The lowest BCUT2D eigenvalue weighted by Gasteiger charge is -2.37. The smallest absolute Gasteiger partial charge is 0.254 e. The van der Waals surface area contributed by atoms with Gasteiger partial charge in [0.25, 0.3) is 5.91 Å². The van der Waals surface area contributed by atoms with Crippen LogP contribution in [0.5, 0.6) is 5.75 Å². The predicted molar refractivity (Wildman–Crippen MR) is 105 cm³/mol. The Morgan fingerprint density at radius 1 is 1.20 bits per heavy atom. The van der Waals surface area contributed by atoms with Crippen LogP contribution < -0.4 is 4.74 Å². The maximum Gasteiger partial charge on any atom is 0.254 e. The van der Waals surface area contributed by atoms with Crippen molar-refractivity contribution in [1.29, 1.82) is 0 Å². The summed E-state index contributed by atoms with van der Waals surface area (Å²) in [5.41, 5.74) is 0.742. The van der Waals surface area contributed by atoms with Gasteiger partial charge < -0.3 is 14.4 Å². The summed E-state index contributed by atoms with van der Waals surface area (Å²) in [5, 5.41) is 0. The second-order valence-corrected chi connectivity index (χ2v) is 9.28. The highest BCUT2D eigenvalue weighted by atomic mass is 32.2. The molecule has 5 heteroatoms. The number of ether oxygens (including phenoxy) is 2. The summed E-state index contributed by atoms with van der Waals surface area (Å²) in [6.07, 6.45) is 3.42. The first-order valence-corrected chi connectivity index (χ1v) is 10.1. The van der Waals surface area contributed by atoms with Crippen LogP contribution in [0.1, 0.15) is 50.4 Å². The van der Waals surface area contributed by atoms with Crippen LogP contribution in [-0.2, 0) is 4.74 Å². The van der Waals surface area contributed by atoms with Gasteiger partial charge in [-0.15, -0.1) is 0 Å². The molecule has 0 spiro atoms. The first kappa shape index (κ1) is 20.1. The molecule has 0 saturated carbocycles. The predicted octanol–water partition coefficient (Wildman–Crippen LogP) is 4.24. The van der Waals surface area contributed by atoms with Crippen LogP contribution in [0.4, 0.5) is 0 Å². The minimum Gasteiger partial charge on any atom is -0.491 e. The van der Waals surface area contributed by atoms with Crippen LogP contribution in [0.3, 0.4) is 0 Å². The molecule has 0 aromatic heterocycles. The van der Waals surface area contributed by atoms with Crippen LogP contribution in [0, 0.1) is 0 Å². The minimum absolute atomic E-state index is 0.141. The average molecular weight is 366 g/mol. The van der Waals surface area contributed by atoms with Crippen LogP contribution in [0.25, 0.3) is 0 Å². The van der Waals surface area contributed by atoms with E-state index in [0.29, 0.717) is 19.3 Å². The molecule has 25 heavy (non-hydrogen) atoms. The number of carbonyl (C=O) groups excluding carboxylic acids is 1. The van der Waals surface area contributed by atoms with Gasteiger partial charge in [0.1, 0.15) is 12.4 Å². The standard InChI is InChI=1S/C20H31NO3S/c1-20(2,3)25-15-17-7-5-6-12-21(17)19(22)16-8-10-18(11-9-16)24-14-13-23-4/h8-11,17H,5-7,12-15H2,1-4H3/t17-/m1/s1. The van der Waals surface area contributed by atoms with Gasteiger partial charge in [0, 0.05) is 35.8 Å². The van der Waals surface area contributed by atoms with Crippen LogP contribution in [0.15, 0.2) is 24.3 Å². The largest absolute Gasteiger partial charge is 0.491 e. The van der Waals surface area contributed by atoms with E-state index in [1.54, 1.807) is 7.11 Å². The van der Waals surface area contributed by atoms with E-state index in [1.807, 2.05) is 36.0 Å². The van der Waals surface area contributed by atoms with Gasteiger partial charge in [-0.05, 0) is 43.5 Å². The second-order valence-electron chi connectivity index (χ2n) is 7.44. The highest BCUT2D eigenvalue weighted by Crippen LogP contribution is 2.29. The summed E-state index contributed by atoms with van der Waals surface area (Å²) in [6, 6.07) is 7.81. The number of amides is 1. The molecular formula is C20H31NO3S. The van der Waals surface area contributed by atoms with Gasteiger partial charge >= 0.3 is 0 Å². The van der Waals surface area contributed by atoms with Crippen molar-refractivity contribution in [3.8, 4) is 5.75 Å². The zero-order valence-corrected chi connectivity index (χ0v) is 16.7. The Morgan fingerprint density at radius 2 is 1.92 bits per heavy atom. The highest BCUT2D eigenvalue weighted by Gasteiger charge is 2.28. The molecule has 4 nitrogen and oxygen atoms in total. The molecule has 1 amide bonds. The number of hydrogen-bond donors (Lipinski definition) is 0. The third-order valence-electron chi connectivity index (χ3n) is 4.25. The summed E-state index contributed by atoms with van der Waals surface area (Å²) in [5.74, 6) is 1.92. The molecule has 140 valence electrons. The second kappa shape index (κ2) is 9.48. The Labute approximate surface area is 156 Å². The van der Waals surface area contributed by atoms with Crippen molar-refractivity contribution in [2.24, 2.45) is 0 Å². The van der Waals surface area contributed by atoms with Gasteiger partial charge in [-0.2, -0.15) is 11.8 Å². The number of methoxy groups -OCH3 is 1. The van der Waals surface area contributed by atoms with E-state index < -0.39 is 0 Å². The molecule has 1 atom stereocenters. The van der Waals surface area contributed by atoms with Gasteiger partial charge in [0.05, 0.1) is 6.61 Å². The van der Waals surface area contributed by atoms with Crippen molar-refractivity contribution >= 4 is 17.7 Å². The maximum atomic E-state index is 13.0. The number of thioether (sulfide) groups is 1. The molecule has 0 bridgehead atoms. The average Bonchev–Trinajstić information content (AvgIpc) is 2.60. The van der Waals surface area contributed by atoms with Gasteiger partial charge in [-0.1, -0.05) is 20.8 Å². The van der Waals surface area contributed by atoms with Gasteiger partial charge in [0.2, 0.25) is 0 Å². The highest BCUT2D eigenvalue weighted by molar-refractivity contribution is 8.00. The summed E-state index contributed by atoms with van der Waals surface area (Å²) in [4.78, 5) is 15.0. The lowest BCUT2D eigenvalue weighted by molar-refractivity contribution is 0.0640. The van der Waals surface area contributed by atoms with Crippen molar-refractivity contribution in [3.05, 3.63) is 29.8 Å². The Morgan fingerprint density at radius 3 is 2.56 bits per heavy atom. The first-order valence-electron chi connectivity index (χ1n) is 9.07. The Hall–Kier alpha value is -1.20. The fourth-order valence-electron chi connectivity index (χ4n) is 2.89. The molecule has 1 aliphatic rings. The van der Waals surface area contributed by atoms with E-state index in [2.05, 4.69) is 25.7 Å². The normalized spacial score (nSPS) is 18.2. The lowest BCUT2D eigenvalue weighted by atomic mass is 10.0. The molecule has 1 fully saturated rings. The number of carbonyl (C=O) groups is 1. The summed E-state index contributed by atoms with van der Waals surface area (Å²) in [6.45, 7) is 8.63. The molecule has 0 radical (unpaired) electrons. The monoisotopic (exact) mass is 365 g/mol. The summed E-state index contributed by atoms with van der Waals surface area (Å²) >= 11 is 1.94. The third kappa shape index (κ3) is 6.55. The molecule has 1 heterocycles. The minimum atomic E-state index is 0.141. The number of nitrogens with zero attached hydrogens (tertiary/aromatic N) is 1. The fraction of sp³-hybridized carbons (Fsp3) is 0.650. The SMILES string of the molecule is COCCOc1ccc(C(=O)N2CCCC[C@@H]2CSC(C)(C)C)cc1. The number of benzene rings is 1. The van der Waals surface area contributed by atoms with Gasteiger partial charge in [-0.3, -0.25) is 4.79 Å². The van der Waals surface area contributed by atoms with E-state index >= 15 is 0 Å². The van der Waals surface area contributed by atoms with E-state index in [4.69, 9.17) is 9.47 Å². The molecule has 2 rings (SSSR count). The molecule has 0 aliphatic carbocycles. The maximum absolute atomic E-state index is 13.0. The van der Waals surface area contributed by atoms with Crippen LogP contribution in [-0.4, -0.2) is 54.2 Å². The van der Waals surface area contributed by atoms with Crippen LogP contribution in [0.2, 0.25) is 0 Å². The van der Waals surface area contributed by atoms with E-state index in [1.165, 1.54) is 6.42 Å². The molecular weight excluding hydrogens is 334 g/mol. The fourth-order valence-corrected chi connectivity index (χ4v) is 3.93. The number of hydrogen-bond acceptors (Lipinski definition) is 4. The summed E-state index contributed by atoms with van der Waals surface area (Å²) < 4.78 is 10.8. The van der Waals surface area contributed by atoms with Crippen molar-refractivity contribution in [3.63, 3.8) is 0 Å². The number of likely N-dealkylation sites (tertiary alicyclic amines) is 1. The topological polar surface area (TPSA) is 38.8 Å². The van der Waals surface area contributed by atoms with Crippen molar-refractivity contribution < 1.29 is 14.3 Å². The van der Waals surface area contributed by atoms with Gasteiger partial charge in [0.15, 0.2) is 0 Å². The quantitative estimate of drug-likeness (QED) is 0.678. The van der Waals surface area contributed by atoms with E-state index in [9.17, 15) is 4.79 Å². The Bertz CT molecular complexity index is 539. The number of piperidine rings is 1. The Balaban J connectivity index is 1.98. The molecule has 0 unspecified atom stereocenters. The molecule has 1 aliphatic heterocycles. The zero-order chi connectivity index (χ0) is 18.3. The summed E-state index contributed by atoms with van der Waals surface area (Å²) in [7, 11) is 1.65. The molecule has 1 aromatic carbocycles. The Kier molecular flexibility index (Phi) is 7.63.